The highest BCUT2D eigenvalue weighted by atomic mass is 16.5. The van der Waals surface area contributed by atoms with Crippen LogP contribution in [0.2, 0.25) is 0 Å². The lowest BCUT2D eigenvalue weighted by atomic mass is 10.2. The van der Waals surface area contributed by atoms with E-state index in [4.69, 9.17) is 4.74 Å². The Morgan fingerprint density at radius 1 is 1.00 bits per heavy atom. The Morgan fingerprint density at radius 3 is 2.20 bits per heavy atom. The van der Waals surface area contributed by atoms with Gasteiger partial charge in [0.05, 0.1) is 0 Å². The number of aromatic nitrogens is 2. The van der Waals surface area contributed by atoms with Crippen LogP contribution in [-0.4, -0.2) is 36.8 Å². The summed E-state index contributed by atoms with van der Waals surface area (Å²) in [4.78, 5) is 9.15. The molecule has 0 atom stereocenters. The van der Waals surface area contributed by atoms with E-state index in [1.165, 1.54) is 0 Å². The van der Waals surface area contributed by atoms with Gasteiger partial charge in [0.15, 0.2) is 0 Å². The number of nitrogens with one attached hydrogen (secondary N) is 2. The maximum atomic E-state index is 5.05. The standard InChI is InChI=1S/C15H28N4O/c1-5-9-16-14-12(3)15(19-13(6-2)18-14)17-10-7-8-11-20-4/h5-11H2,1-4H3,(H2,16,17,18,19). The summed E-state index contributed by atoms with van der Waals surface area (Å²) in [5, 5.41) is 6.79. The molecule has 1 aromatic heterocycles. The number of unbranched alkanes of at least 4 members (excludes halogenated alkanes) is 1. The zero-order valence-corrected chi connectivity index (χ0v) is 13.3. The van der Waals surface area contributed by atoms with Gasteiger partial charge in [-0.05, 0) is 26.2 Å². The van der Waals surface area contributed by atoms with E-state index in [9.17, 15) is 0 Å². The van der Waals surface area contributed by atoms with Crippen LogP contribution in [0.25, 0.3) is 0 Å². The van der Waals surface area contributed by atoms with Crippen molar-refractivity contribution >= 4 is 11.6 Å². The first-order chi connectivity index (χ1) is 9.72. The van der Waals surface area contributed by atoms with E-state index in [1.54, 1.807) is 7.11 Å². The van der Waals surface area contributed by atoms with Gasteiger partial charge in [-0.3, -0.25) is 0 Å². The Morgan fingerprint density at radius 2 is 1.65 bits per heavy atom. The maximum absolute atomic E-state index is 5.05. The van der Waals surface area contributed by atoms with Crippen LogP contribution in [0.15, 0.2) is 0 Å². The lowest BCUT2D eigenvalue weighted by Crippen LogP contribution is -2.12. The van der Waals surface area contributed by atoms with Crippen molar-refractivity contribution in [2.75, 3.05) is 37.4 Å². The van der Waals surface area contributed by atoms with Crippen molar-refractivity contribution in [2.45, 2.75) is 46.5 Å². The minimum Gasteiger partial charge on any atom is -0.385 e. The molecule has 0 bridgehead atoms. The van der Waals surface area contributed by atoms with Crippen LogP contribution in [0, 0.1) is 6.92 Å². The smallest absolute Gasteiger partial charge is 0.134 e. The zero-order valence-electron chi connectivity index (χ0n) is 13.3. The maximum Gasteiger partial charge on any atom is 0.134 e. The fourth-order valence-electron chi connectivity index (χ4n) is 1.89. The second kappa shape index (κ2) is 9.53. The number of anilines is 2. The molecule has 0 saturated carbocycles. The number of hydrogen-bond acceptors (Lipinski definition) is 5. The zero-order chi connectivity index (χ0) is 14.8. The van der Waals surface area contributed by atoms with Gasteiger partial charge in [-0.25, -0.2) is 9.97 Å². The lowest BCUT2D eigenvalue weighted by Gasteiger charge is -2.14. The van der Waals surface area contributed by atoms with Gasteiger partial charge in [-0.15, -0.1) is 0 Å². The van der Waals surface area contributed by atoms with Crippen LogP contribution in [0.3, 0.4) is 0 Å². The number of methoxy groups -OCH3 is 1. The molecule has 0 amide bonds. The third-order valence-corrected chi connectivity index (χ3v) is 3.12. The predicted octanol–water partition coefficient (Wildman–Crippen LogP) is 3.01. The molecule has 0 aliphatic heterocycles. The van der Waals surface area contributed by atoms with Crippen molar-refractivity contribution in [1.82, 2.24) is 9.97 Å². The lowest BCUT2D eigenvalue weighted by molar-refractivity contribution is 0.194. The van der Waals surface area contributed by atoms with Crippen LogP contribution in [0.4, 0.5) is 11.6 Å². The van der Waals surface area contributed by atoms with Crippen molar-refractivity contribution in [2.24, 2.45) is 0 Å². The van der Waals surface area contributed by atoms with E-state index in [1.807, 2.05) is 0 Å². The summed E-state index contributed by atoms with van der Waals surface area (Å²) in [7, 11) is 1.74. The average Bonchev–Trinajstić information content (AvgIpc) is 2.47. The molecule has 114 valence electrons. The van der Waals surface area contributed by atoms with Gasteiger partial charge in [0.25, 0.3) is 0 Å². The fourth-order valence-corrected chi connectivity index (χ4v) is 1.89. The van der Waals surface area contributed by atoms with Crippen molar-refractivity contribution in [3.8, 4) is 0 Å². The first-order valence-electron chi connectivity index (χ1n) is 7.57. The van der Waals surface area contributed by atoms with Gasteiger partial charge in [0.2, 0.25) is 0 Å². The number of aryl methyl sites for hydroxylation is 1. The summed E-state index contributed by atoms with van der Waals surface area (Å²) in [6.45, 7) is 8.96. The largest absolute Gasteiger partial charge is 0.385 e. The Balaban J connectivity index is 2.67. The van der Waals surface area contributed by atoms with Gasteiger partial charge in [0.1, 0.15) is 17.5 Å². The number of ether oxygens (including phenoxy) is 1. The Hall–Kier alpha value is -1.36. The van der Waals surface area contributed by atoms with Crippen LogP contribution >= 0.6 is 0 Å². The molecule has 20 heavy (non-hydrogen) atoms. The summed E-state index contributed by atoms with van der Waals surface area (Å²) >= 11 is 0. The second-order valence-corrected chi connectivity index (χ2v) is 4.87. The first-order valence-corrected chi connectivity index (χ1v) is 7.57. The molecule has 0 unspecified atom stereocenters. The molecule has 0 radical (unpaired) electrons. The Kier molecular flexibility index (Phi) is 7.95. The molecule has 1 aromatic rings. The van der Waals surface area contributed by atoms with E-state index < -0.39 is 0 Å². The van der Waals surface area contributed by atoms with Crippen LogP contribution in [-0.2, 0) is 11.2 Å². The predicted molar refractivity (Wildman–Crippen MR) is 84.5 cm³/mol. The molecule has 0 spiro atoms. The molecular weight excluding hydrogens is 252 g/mol. The normalized spacial score (nSPS) is 10.6. The summed E-state index contributed by atoms with van der Waals surface area (Å²) in [5.41, 5.74) is 1.10. The van der Waals surface area contributed by atoms with Gasteiger partial charge in [-0.2, -0.15) is 0 Å². The highest BCUT2D eigenvalue weighted by molar-refractivity contribution is 5.57. The summed E-state index contributed by atoms with van der Waals surface area (Å²) < 4.78 is 5.05. The van der Waals surface area contributed by atoms with Gasteiger partial charge in [-0.1, -0.05) is 13.8 Å². The number of hydrogen-bond donors (Lipinski definition) is 2. The second-order valence-electron chi connectivity index (χ2n) is 4.87. The minimum absolute atomic E-state index is 0.813. The van der Waals surface area contributed by atoms with E-state index >= 15 is 0 Å². The molecule has 0 fully saturated rings. The molecule has 5 heteroatoms. The Labute approximate surface area is 122 Å². The average molecular weight is 280 g/mol. The highest BCUT2D eigenvalue weighted by Crippen LogP contribution is 2.20. The first kappa shape index (κ1) is 16.7. The van der Waals surface area contributed by atoms with Gasteiger partial charge >= 0.3 is 0 Å². The fraction of sp³-hybridized carbons (Fsp3) is 0.733. The quantitative estimate of drug-likeness (QED) is 0.645. The summed E-state index contributed by atoms with van der Waals surface area (Å²) in [6, 6.07) is 0. The molecule has 5 nitrogen and oxygen atoms in total. The summed E-state index contributed by atoms with van der Waals surface area (Å²) in [5.74, 6) is 2.79. The number of nitrogens with zero attached hydrogens (tertiary/aromatic N) is 2. The van der Waals surface area contributed by atoms with E-state index in [0.29, 0.717) is 0 Å². The monoisotopic (exact) mass is 280 g/mol. The minimum atomic E-state index is 0.813. The molecule has 0 aliphatic carbocycles. The van der Waals surface area contributed by atoms with Gasteiger partial charge in [0, 0.05) is 38.8 Å². The molecule has 0 saturated heterocycles. The number of rotatable bonds is 10. The highest BCUT2D eigenvalue weighted by Gasteiger charge is 2.09. The third kappa shape index (κ3) is 5.33. The van der Waals surface area contributed by atoms with Gasteiger partial charge < -0.3 is 15.4 Å². The molecule has 1 heterocycles. The van der Waals surface area contributed by atoms with Crippen molar-refractivity contribution in [1.29, 1.82) is 0 Å². The van der Waals surface area contributed by atoms with E-state index in [2.05, 4.69) is 41.4 Å². The molecule has 0 aromatic carbocycles. The van der Waals surface area contributed by atoms with Crippen molar-refractivity contribution in [3.05, 3.63) is 11.4 Å². The van der Waals surface area contributed by atoms with Crippen LogP contribution in [0.1, 0.15) is 44.5 Å². The Bertz CT molecular complexity index is 396. The third-order valence-electron chi connectivity index (χ3n) is 3.12. The van der Waals surface area contributed by atoms with Crippen LogP contribution < -0.4 is 10.6 Å². The van der Waals surface area contributed by atoms with E-state index in [0.717, 1.165) is 68.4 Å². The topological polar surface area (TPSA) is 59.1 Å². The van der Waals surface area contributed by atoms with Crippen LogP contribution in [0.5, 0.6) is 0 Å². The molecule has 2 N–H and O–H groups in total. The summed E-state index contributed by atoms with van der Waals surface area (Å²) in [6.07, 6.45) is 4.08. The van der Waals surface area contributed by atoms with Crippen molar-refractivity contribution < 1.29 is 4.74 Å². The van der Waals surface area contributed by atoms with E-state index in [-0.39, 0.29) is 0 Å². The molecule has 0 aliphatic rings. The molecule has 1 rings (SSSR count). The van der Waals surface area contributed by atoms with Crippen molar-refractivity contribution in [3.63, 3.8) is 0 Å². The SMILES string of the molecule is CCCNc1nc(CC)nc(NCCCCOC)c1C. The molecular formula is C15H28N4O.